The van der Waals surface area contributed by atoms with Gasteiger partial charge in [-0.1, -0.05) is 0 Å². The third kappa shape index (κ3) is 4.41. The van der Waals surface area contributed by atoms with Crippen molar-refractivity contribution in [3.05, 3.63) is 0 Å². The molecule has 0 amide bonds. The van der Waals surface area contributed by atoms with Gasteiger partial charge in [-0.3, -0.25) is 19.3 Å². The van der Waals surface area contributed by atoms with Crippen LogP contribution in [0.3, 0.4) is 0 Å². The van der Waals surface area contributed by atoms with E-state index in [0.29, 0.717) is 0 Å². The first-order valence-electron chi connectivity index (χ1n) is 3.71. The smallest absolute Gasteiger partial charge is 0.321 e. The minimum absolute atomic E-state index is 0.510. The van der Waals surface area contributed by atoms with E-state index in [4.69, 9.17) is 15.3 Å². The zero-order chi connectivity index (χ0) is 11.3. The molecule has 0 radical (unpaired) electrons. The Morgan fingerprint density at radius 3 is 1.93 bits per heavy atom. The van der Waals surface area contributed by atoms with Crippen LogP contribution in [0.1, 0.15) is 6.42 Å². The number of carboxylic acids is 3. The second-order valence-corrected chi connectivity index (χ2v) is 2.76. The third-order valence-corrected chi connectivity index (χ3v) is 1.57. The van der Waals surface area contributed by atoms with Crippen LogP contribution in [0.5, 0.6) is 0 Å². The quantitative estimate of drug-likeness (QED) is 0.505. The predicted molar refractivity (Wildman–Crippen MR) is 43.9 cm³/mol. The maximum absolute atomic E-state index is 10.6. The van der Waals surface area contributed by atoms with Gasteiger partial charge in [-0.2, -0.15) is 0 Å². The van der Waals surface area contributed by atoms with Crippen molar-refractivity contribution in [2.24, 2.45) is 0 Å². The lowest BCUT2D eigenvalue weighted by Gasteiger charge is -2.20. The van der Waals surface area contributed by atoms with Gasteiger partial charge in [-0.15, -0.1) is 0 Å². The number of likely N-dealkylation sites (N-methyl/N-ethyl adjacent to an activating group) is 1. The molecule has 3 N–H and O–H groups in total. The molecule has 0 aliphatic carbocycles. The van der Waals surface area contributed by atoms with Crippen molar-refractivity contribution >= 4 is 17.9 Å². The lowest BCUT2D eigenvalue weighted by atomic mass is 10.2. The van der Waals surface area contributed by atoms with Crippen LogP contribution in [0.15, 0.2) is 0 Å². The second-order valence-electron chi connectivity index (χ2n) is 2.76. The Kier molecular flexibility index (Phi) is 4.57. The van der Waals surface area contributed by atoms with Crippen molar-refractivity contribution in [3.63, 3.8) is 0 Å². The predicted octanol–water partition coefficient (Wildman–Crippen LogP) is -1.07. The molecule has 0 aromatic carbocycles. The largest absolute Gasteiger partial charge is 0.481 e. The Bertz CT molecular complexity index is 251. The summed E-state index contributed by atoms with van der Waals surface area (Å²) < 4.78 is 0. The van der Waals surface area contributed by atoms with E-state index in [1.165, 1.54) is 7.05 Å². The number of hydrogen-bond donors (Lipinski definition) is 3. The summed E-state index contributed by atoms with van der Waals surface area (Å²) in [7, 11) is 1.25. The van der Waals surface area contributed by atoms with Crippen LogP contribution in [0, 0.1) is 0 Å². The molecule has 0 aromatic rings. The van der Waals surface area contributed by atoms with E-state index in [9.17, 15) is 14.4 Å². The van der Waals surface area contributed by atoms with Crippen molar-refractivity contribution in [3.8, 4) is 0 Å². The highest BCUT2D eigenvalue weighted by atomic mass is 16.4. The summed E-state index contributed by atoms with van der Waals surface area (Å²) in [5.74, 6) is -3.84. The first-order chi connectivity index (χ1) is 6.34. The summed E-state index contributed by atoms with van der Waals surface area (Å²) in [5, 5.41) is 25.4. The summed E-state index contributed by atoms with van der Waals surface area (Å²) >= 11 is 0. The molecular formula is C7H11NO6. The van der Waals surface area contributed by atoms with Gasteiger partial charge in [-0.25, -0.2) is 0 Å². The van der Waals surface area contributed by atoms with Crippen LogP contribution in [-0.2, 0) is 14.4 Å². The fourth-order valence-electron chi connectivity index (χ4n) is 0.921. The van der Waals surface area contributed by atoms with Gasteiger partial charge < -0.3 is 15.3 Å². The molecule has 0 saturated heterocycles. The molecule has 80 valence electrons. The Hall–Kier alpha value is -1.63. The second kappa shape index (κ2) is 5.18. The Morgan fingerprint density at radius 1 is 1.14 bits per heavy atom. The summed E-state index contributed by atoms with van der Waals surface area (Å²) in [6.45, 7) is -0.510. The zero-order valence-electron chi connectivity index (χ0n) is 7.51. The molecule has 0 bridgehead atoms. The molecule has 0 rings (SSSR count). The van der Waals surface area contributed by atoms with Gasteiger partial charge in [0.15, 0.2) is 0 Å². The molecule has 0 saturated carbocycles. The average molecular weight is 205 g/mol. The molecule has 14 heavy (non-hydrogen) atoms. The van der Waals surface area contributed by atoms with Gasteiger partial charge in [0.25, 0.3) is 0 Å². The van der Waals surface area contributed by atoms with E-state index in [1.54, 1.807) is 0 Å². The highest BCUT2D eigenvalue weighted by Gasteiger charge is 2.26. The SMILES string of the molecule is CN(CC(=O)O)C(CC(=O)O)C(=O)O. The van der Waals surface area contributed by atoms with Gasteiger partial charge in [0.1, 0.15) is 6.04 Å². The van der Waals surface area contributed by atoms with Crippen LogP contribution < -0.4 is 0 Å². The maximum atomic E-state index is 10.6. The number of carboxylic acid groups (broad SMARTS) is 3. The van der Waals surface area contributed by atoms with Crippen molar-refractivity contribution < 1.29 is 29.7 Å². The molecule has 0 aliphatic heterocycles. The first-order valence-corrected chi connectivity index (χ1v) is 3.71. The van der Waals surface area contributed by atoms with Crippen molar-refractivity contribution in [1.29, 1.82) is 0 Å². The number of carbonyl (C=O) groups is 3. The average Bonchev–Trinajstić information content (AvgIpc) is 1.97. The summed E-state index contributed by atoms with van der Waals surface area (Å²) in [6, 6.07) is -1.32. The van der Waals surface area contributed by atoms with Crippen LogP contribution in [0.25, 0.3) is 0 Å². The summed E-state index contributed by atoms with van der Waals surface area (Å²) in [6.07, 6.45) is -0.626. The van der Waals surface area contributed by atoms with E-state index < -0.39 is 36.9 Å². The van der Waals surface area contributed by atoms with Crippen molar-refractivity contribution in [2.75, 3.05) is 13.6 Å². The van der Waals surface area contributed by atoms with Gasteiger partial charge in [-0.05, 0) is 7.05 Å². The number of aliphatic carboxylic acids is 3. The minimum Gasteiger partial charge on any atom is -0.481 e. The zero-order valence-corrected chi connectivity index (χ0v) is 7.51. The lowest BCUT2D eigenvalue weighted by molar-refractivity contribution is -0.151. The van der Waals surface area contributed by atoms with Crippen LogP contribution in [-0.4, -0.2) is 57.8 Å². The van der Waals surface area contributed by atoms with E-state index in [1.807, 2.05) is 0 Å². The van der Waals surface area contributed by atoms with Crippen LogP contribution in [0.4, 0.5) is 0 Å². The van der Waals surface area contributed by atoms with Gasteiger partial charge in [0, 0.05) is 0 Å². The van der Waals surface area contributed by atoms with Crippen molar-refractivity contribution in [1.82, 2.24) is 4.90 Å². The maximum Gasteiger partial charge on any atom is 0.321 e. The molecule has 1 atom stereocenters. The molecule has 0 spiro atoms. The summed E-state index contributed by atoms with van der Waals surface area (Å²) in [5.41, 5.74) is 0. The van der Waals surface area contributed by atoms with Gasteiger partial charge in [0.05, 0.1) is 13.0 Å². The molecule has 7 heteroatoms. The highest BCUT2D eigenvalue weighted by molar-refractivity contribution is 5.81. The fourth-order valence-corrected chi connectivity index (χ4v) is 0.921. The molecule has 7 nitrogen and oxygen atoms in total. The molecule has 1 unspecified atom stereocenters. The Labute approximate surface area is 79.6 Å². The van der Waals surface area contributed by atoms with Gasteiger partial charge >= 0.3 is 17.9 Å². The normalized spacial score (nSPS) is 12.4. The molecular weight excluding hydrogens is 194 g/mol. The molecule has 0 aromatic heterocycles. The number of nitrogens with zero attached hydrogens (tertiary/aromatic N) is 1. The molecule has 0 fully saturated rings. The topological polar surface area (TPSA) is 115 Å². The minimum atomic E-state index is -1.35. The van der Waals surface area contributed by atoms with Crippen molar-refractivity contribution in [2.45, 2.75) is 12.5 Å². The molecule has 0 heterocycles. The van der Waals surface area contributed by atoms with Crippen LogP contribution in [0.2, 0.25) is 0 Å². The first kappa shape index (κ1) is 12.4. The highest BCUT2D eigenvalue weighted by Crippen LogP contribution is 2.02. The van der Waals surface area contributed by atoms with E-state index >= 15 is 0 Å². The van der Waals surface area contributed by atoms with E-state index in [0.717, 1.165) is 4.90 Å². The van der Waals surface area contributed by atoms with E-state index in [2.05, 4.69) is 0 Å². The van der Waals surface area contributed by atoms with Gasteiger partial charge in [0.2, 0.25) is 0 Å². The number of rotatable bonds is 6. The van der Waals surface area contributed by atoms with Crippen LogP contribution >= 0.6 is 0 Å². The fraction of sp³-hybridized carbons (Fsp3) is 0.571. The third-order valence-electron chi connectivity index (χ3n) is 1.57. The van der Waals surface area contributed by atoms with E-state index in [-0.39, 0.29) is 0 Å². The standard InChI is InChI=1S/C7H11NO6/c1-8(3-6(11)12)4(7(13)14)2-5(9)10/h4H,2-3H2,1H3,(H,9,10)(H,11,12)(H,13,14). The molecule has 0 aliphatic rings. The lowest BCUT2D eigenvalue weighted by Crippen LogP contribution is -2.42. The number of hydrogen-bond acceptors (Lipinski definition) is 4. The summed E-state index contributed by atoms with van der Waals surface area (Å²) in [4.78, 5) is 32.0. The Morgan fingerprint density at radius 2 is 1.64 bits per heavy atom. The monoisotopic (exact) mass is 205 g/mol. The Balaban J connectivity index is 4.40.